The molecular formula is C51H33N3O. The van der Waals surface area contributed by atoms with E-state index in [2.05, 4.69) is 191 Å². The van der Waals surface area contributed by atoms with Crippen LogP contribution in [0.2, 0.25) is 0 Å². The molecule has 0 fully saturated rings. The summed E-state index contributed by atoms with van der Waals surface area (Å²) in [6.45, 7) is 0. The number of furan rings is 1. The number of rotatable bonds is 6. The maximum Gasteiger partial charge on any atom is 0.161 e. The number of fused-ring (bicyclic) bond motifs is 8. The minimum absolute atomic E-state index is 0.831. The van der Waals surface area contributed by atoms with Crippen molar-refractivity contribution in [1.82, 2.24) is 9.55 Å². The molecule has 0 spiro atoms. The topological polar surface area (TPSA) is 34.2 Å². The van der Waals surface area contributed by atoms with Crippen molar-refractivity contribution in [2.24, 2.45) is 0 Å². The Morgan fingerprint density at radius 1 is 0.455 bits per heavy atom. The Labute approximate surface area is 317 Å². The summed E-state index contributed by atoms with van der Waals surface area (Å²) in [5.74, 6) is 0. The maximum absolute atomic E-state index is 6.37. The van der Waals surface area contributed by atoms with Crippen LogP contribution >= 0.6 is 0 Å². The van der Waals surface area contributed by atoms with Crippen molar-refractivity contribution >= 4 is 71.7 Å². The number of anilines is 3. The van der Waals surface area contributed by atoms with Crippen LogP contribution in [0.4, 0.5) is 17.1 Å². The number of hydrogen-bond acceptors (Lipinski definition) is 3. The zero-order valence-corrected chi connectivity index (χ0v) is 29.8. The molecule has 0 saturated carbocycles. The smallest absolute Gasteiger partial charge is 0.161 e. The van der Waals surface area contributed by atoms with Gasteiger partial charge >= 0.3 is 0 Å². The van der Waals surface area contributed by atoms with Gasteiger partial charge in [-0.05, 0) is 83.4 Å². The molecule has 0 aliphatic carbocycles. The van der Waals surface area contributed by atoms with Gasteiger partial charge in [-0.15, -0.1) is 0 Å². The fraction of sp³-hybridized carbons (Fsp3) is 0. The highest BCUT2D eigenvalue weighted by molar-refractivity contribution is 6.13. The zero-order chi connectivity index (χ0) is 36.3. The van der Waals surface area contributed by atoms with Gasteiger partial charge in [-0.3, -0.25) is 4.98 Å². The number of aromatic nitrogens is 2. The summed E-state index contributed by atoms with van der Waals surface area (Å²) >= 11 is 0. The van der Waals surface area contributed by atoms with Crippen LogP contribution in [-0.4, -0.2) is 9.55 Å². The standard InChI is InChI=1S/C51H33N3O/c1-3-13-35(14-4-1)41-18-9-11-21-46(41)53(40-28-29-48-44(32-40)43-20-10-12-22-47(43)54(48)38-16-5-2-6-17-38)39-26-23-34(24-27-39)36-25-30-49-45(31-36)50-51(55-49)42-19-8-7-15-37(42)33-52-50/h1-33H. The number of nitrogens with zero attached hydrogens (tertiary/aromatic N) is 3. The molecule has 4 nitrogen and oxygen atoms in total. The molecular weight excluding hydrogens is 671 g/mol. The summed E-state index contributed by atoms with van der Waals surface area (Å²) < 4.78 is 8.73. The molecule has 0 aliphatic rings. The van der Waals surface area contributed by atoms with Crippen LogP contribution in [0, 0.1) is 0 Å². The van der Waals surface area contributed by atoms with E-state index in [9.17, 15) is 0 Å². The molecule has 3 heterocycles. The van der Waals surface area contributed by atoms with E-state index in [4.69, 9.17) is 9.40 Å². The van der Waals surface area contributed by atoms with Crippen LogP contribution in [0.5, 0.6) is 0 Å². The molecule has 258 valence electrons. The van der Waals surface area contributed by atoms with Gasteiger partial charge in [-0.25, -0.2) is 0 Å². The minimum atomic E-state index is 0.831. The lowest BCUT2D eigenvalue weighted by atomic mass is 10.0. The summed E-state index contributed by atoms with van der Waals surface area (Å²) in [5.41, 5.74) is 13.9. The summed E-state index contributed by atoms with van der Waals surface area (Å²) in [6.07, 6.45) is 1.94. The second-order valence-corrected chi connectivity index (χ2v) is 14.0. The average molecular weight is 704 g/mol. The van der Waals surface area contributed by atoms with Gasteiger partial charge in [0.05, 0.1) is 16.7 Å². The first kappa shape index (κ1) is 31.1. The Morgan fingerprint density at radius 3 is 1.98 bits per heavy atom. The van der Waals surface area contributed by atoms with Crippen molar-refractivity contribution in [1.29, 1.82) is 0 Å². The monoisotopic (exact) mass is 703 g/mol. The molecule has 11 aromatic rings. The van der Waals surface area contributed by atoms with Crippen LogP contribution in [0.1, 0.15) is 0 Å². The van der Waals surface area contributed by atoms with Crippen LogP contribution in [0.25, 0.3) is 82.6 Å². The predicted molar refractivity (Wildman–Crippen MR) is 229 cm³/mol. The van der Waals surface area contributed by atoms with Gasteiger partial charge in [0.15, 0.2) is 5.58 Å². The highest BCUT2D eigenvalue weighted by atomic mass is 16.3. The van der Waals surface area contributed by atoms with Gasteiger partial charge in [-0.2, -0.15) is 0 Å². The summed E-state index contributed by atoms with van der Waals surface area (Å²) in [7, 11) is 0. The molecule has 0 bridgehead atoms. The Morgan fingerprint density at radius 2 is 1.13 bits per heavy atom. The van der Waals surface area contributed by atoms with Gasteiger partial charge in [-0.1, -0.05) is 127 Å². The molecule has 0 N–H and O–H groups in total. The molecule has 3 aromatic heterocycles. The Kier molecular flexibility index (Phi) is 7.14. The molecule has 4 heteroatoms. The third-order valence-corrected chi connectivity index (χ3v) is 10.8. The van der Waals surface area contributed by atoms with Crippen molar-refractivity contribution < 1.29 is 4.42 Å². The number of benzene rings is 8. The summed E-state index contributed by atoms with van der Waals surface area (Å²) in [4.78, 5) is 7.22. The average Bonchev–Trinajstić information content (AvgIpc) is 3.80. The molecule has 8 aromatic carbocycles. The lowest BCUT2D eigenvalue weighted by Gasteiger charge is -2.28. The largest absolute Gasteiger partial charge is 0.454 e. The molecule has 55 heavy (non-hydrogen) atoms. The van der Waals surface area contributed by atoms with Crippen molar-refractivity contribution in [3.05, 3.63) is 200 Å². The van der Waals surface area contributed by atoms with E-state index in [1.165, 1.54) is 27.4 Å². The molecule has 0 aliphatic heterocycles. The van der Waals surface area contributed by atoms with Crippen LogP contribution in [0.3, 0.4) is 0 Å². The van der Waals surface area contributed by atoms with Crippen LogP contribution in [0.15, 0.2) is 205 Å². The number of para-hydroxylation sites is 3. The number of hydrogen-bond donors (Lipinski definition) is 0. The maximum atomic E-state index is 6.37. The third-order valence-electron chi connectivity index (χ3n) is 10.8. The second-order valence-electron chi connectivity index (χ2n) is 14.0. The SMILES string of the molecule is c1ccc(-c2ccccc2N(c2ccc(-c3ccc4oc5c6ccccc6cnc5c4c3)cc2)c2ccc3c(c2)c2ccccc2n3-c2ccccc2)cc1. The molecule has 0 amide bonds. The van der Waals surface area contributed by atoms with E-state index in [-0.39, 0.29) is 0 Å². The summed E-state index contributed by atoms with van der Waals surface area (Å²) in [6, 6.07) is 69.1. The molecule has 0 atom stereocenters. The third kappa shape index (κ3) is 5.11. The fourth-order valence-corrected chi connectivity index (χ4v) is 8.24. The number of pyridine rings is 1. The quantitative estimate of drug-likeness (QED) is 0.173. The van der Waals surface area contributed by atoms with Crippen molar-refractivity contribution in [2.45, 2.75) is 0 Å². The highest BCUT2D eigenvalue weighted by Gasteiger charge is 2.20. The first-order valence-corrected chi connectivity index (χ1v) is 18.6. The lowest BCUT2D eigenvalue weighted by molar-refractivity contribution is 0.672. The van der Waals surface area contributed by atoms with E-state index in [1.54, 1.807) is 0 Å². The van der Waals surface area contributed by atoms with Gasteiger partial charge in [0.25, 0.3) is 0 Å². The minimum Gasteiger partial charge on any atom is -0.454 e. The van der Waals surface area contributed by atoms with Gasteiger partial charge in [0.2, 0.25) is 0 Å². The second kappa shape index (κ2) is 12.6. The normalized spacial score (nSPS) is 11.6. The van der Waals surface area contributed by atoms with Crippen molar-refractivity contribution in [2.75, 3.05) is 4.90 Å². The first-order chi connectivity index (χ1) is 27.3. The van der Waals surface area contributed by atoms with Gasteiger partial charge in [0, 0.05) is 55.8 Å². The molecule has 0 radical (unpaired) electrons. The zero-order valence-electron chi connectivity index (χ0n) is 29.8. The Balaban J connectivity index is 1.07. The lowest BCUT2D eigenvalue weighted by Crippen LogP contribution is -2.11. The van der Waals surface area contributed by atoms with Gasteiger partial charge in [0.1, 0.15) is 11.1 Å². The van der Waals surface area contributed by atoms with Crippen LogP contribution < -0.4 is 4.90 Å². The van der Waals surface area contributed by atoms with Crippen molar-refractivity contribution in [3.63, 3.8) is 0 Å². The fourth-order valence-electron chi connectivity index (χ4n) is 8.24. The van der Waals surface area contributed by atoms with Crippen LogP contribution in [-0.2, 0) is 0 Å². The first-order valence-electron chi connectivity index (χ1n) is 18.6. The highest BCUT2D eigenvalue weighted by Crippen LogP contribution is 2.44. The molecule has 0 saturated heterocycles. The predicted octanol–water partition coefficient (Wildman–Crippen LogP) is 14.0. The van der Waals surface area contributed by atoms with E-state index < -0.39 is 0 Å². The Hall–Kier alpha value is -7.43. The Bertz CT molecular complexity index is 3200. The van der Waals surface area contributed by atoms with E-state index in [0.717, 1.165) is 72.3 Å². The van der Waals surface area contributed by atoms with E-state index in [0.29, 0.717) is 0 Å². The van der Waals surface area contributed by atoms with E-state index in [1.807, 2.05) is 18.3 Å². The van der Waals surface area contributed by atoms with Crippen molar-refractivity contribution in [3.8, 4) is 27.9 Å². The molecule has 0 unspecified atom stereocenters. The summed E-state index contributed by atoms with van der Waals surface area (Å²) in [5, 5.41) is 5.60. The van der Waals surface area contributed by atoms with E-state index >= 15 is 0 Å². The van der Waals surface area contributed by atoms with Gasteiger partial charge < -0.3 is 13.9 Å². The molecule has 11 rings (SSSR count).